The molecular formula is C15H14INO4S. The number of nitrogens with zero attached hydrogens (tertiary/aromatic N) is 1. The molecule has 1 N–H and O–H groups in total. The summed E-state index contributed by atoms with van der Waals surface area (Å²) < 4.78 is 27.5. The predicted molar refractivity (Wildman–Crippen MR) is 92.4 cm³/mol. The summed E-state index contributed by atoms with van der Waals surface area (Å²) in [6.07, 6.45) is 0. The summed E-state index contributed by atoms with van der Waals surface area (Å²) in [4.78, 5) is 11.4. The van der Waals surface area contributed by atoms with Crippen molar-refractivity contribution in [2.75, 3.05) is 4.31 Å². The molecule has 0 fully saturated rings. The van der Waals surface area contributed by atoms with Crippen LogP contribution in [0.5, 0.6) is 0 Å². The van der Waals surface area contributed by atoms with Crippen molar-refractivity contribution in [3.8, 4) is 0 Å². The van der Waals surface area contributed by atoms with Crippen molar-refractivity contribution in [3.63, 3.8) is 0 Å². The van der Waals surface area contributed by atoms with Crippen LogP contribution in [0.3, 0.4) is 0 Å². The third kappa shape index (κ3) is 3.41. The first-order chi connectivity index (χ1) is 10.3. The van der Waals surface area contributed by atoms with E-state index in [9.17, 15) is 18.3 Å². The normalized spacial score (nSPS) is 12.6. The number of sulfonamides is 1. The van der Waals surface area contributed by atoms with Gasteiger partial charge in [0, 0.05) is 3.57 Å². The Morgan fingerprint density at radius 1 is 1.14 bits per heavy atom. The SMILES string of the molecule is CC(C(=O)O)N(c1cccc(I)c1)S(=O)(=O)c1ccccc1. The van der Waals surface area contributed by atoms with Crippen molar-refractivity contribution in [1.29, 1.82) is 0 Å². The summed E-state index contributed by atoms with van der Waals surface area (Å²) in [5.41, 5.74) is 0.325. The van der Waals surface area contributed by atoms with E-state index in [0.717, 1.165) is 7.88 Å². The molecule has 0 heterocycles. The van der Waals surface area contributed by atoms with Crippen LogP contribution in [0.15, 0.2) is 59.5 Å². The fourth-order valence-electron chi connectivity index (χ4n) is 1.99. The van der Waals surface area contributed by atoms with E-state index in [1.807, 2.05) is 6.07 Å². The number of anilines is 1. The topological polar surface area (TPSA) is 74.7 Å². The van der Waals surface area contributed by atoms with Gasteiger partial charge in [-0.1, -0.05) is 24.3 Å². The highest BCUT2D eigenvalue weighted by atomic mass is 127. The van der Waals surface area contributed by atoms with E-state index in [1.54, 1.807) is 36.4 Å². The molecule has 22 heavy (non-hydrogen) atoms. The van der Waals surface area contributed by atoms with Crippen LogP contribution in [0.4, 0.5) is 5.69 Å². The Bertz CT molecular complexity index is 777. The zero-order valence-corrected chi connectivity index (χ0v) is 14.7. The Labute approximate surface area is 142 Å². The quantitative estimate of drug-likeness (QED) is 0.739. The zero-order valence-electron chi connectivity index (χ0n) is 11.7. The van der Waals surface area contributed by atoms with Crippen LogP contribution in [-0.2, 0) is 14.8 Å². The number of benzene rings is 2. The van der Waals surface area contributed by atoms with Gasteiger partial charge < -0.3 is 5.11 Å². The van der Waals surface area contributed by atoms with E-state index in [1.165, 1.54) is 19.1 Å². The molecule has 0 radical (unpaired) electrons. The molecule has 1 atom stereocenters. The number of aliphatic carboxylic acids is 1. The highest BCUT2D eigenvalue weighted by Gasteiger charge is 2.33. The van der Waals surface area contributed by atoms with E-state index in [-0.39, 0.29) is 4.90 Å². The zero-order chi connectivity index (χ0) is 16.3. The van der Waals surface area contributed by atoms with Crippen LogP contribution in [-0.4, -0.2) is 25.5 Å². The minimum absolute atomic E-state index is 0.0574. The van der Waals surface area contributed by atoms with Gasteiger partial charge >= 0.3 is 5.97 Å². The molecule has 0 spiro atoms. The van der Waals surface area contributed by atoms with Crippen LogP contribution in [0.1, 0.15) is 6.92 Å². The summed E-state index contributed by atoms with van der Waals surface area (Å²) in [6, 6.07) is 13.3. The van der Waals surface area contributed by atoms with Gasteiger partial charge in [0.2, 0.25) is 0 Å². The van der Waals surface area contributed by atoms with Crippen LogP contribution < -0.4 is 4.31 Å². The molecule has 0 aliphatic carbocycles. The molecule has 0 saturated heterocycles. The fourth-order valence-corrected chi connectivity index (χ4v) is 4.14. The summed E-state index contributed by atoms with van der Waals surface area (Å²) >= 11 is 2.05. The van der Waals surface area contributed by atoms with Gasteiger partial charge in [-0.2, -0.15) is 0 Å². The minimum atomic E-state index is -3.97. The number of carboxylic acid groups (broad SMARTS) is 1. The number of hydrogen-bond donors (Lipinski definition) is 1. The Morgan fingerprint density at radius 2 is 1.77 bits per heavy atom. The maximum absolute atomic E-state index is 12.9. The molecule has 0 bridgehead atoms. The highest BCUT2D eigenvalue weighted by Crippen LogP contribution is 2.27. The molecule has 2 rings (SSSR count). The lowest BCUT2D eigenvalue weighted by Gasteiger charge is -2.28. The lowest BCUT2D eigenvalue weighted by atomic mass is 10.2. The van der Waals surface area contributed by atoms with Gasteiger partial charge in [0.1, 0.15) is 6.04 Å². The first kappa shape index (κ1) is 16.8. The van der Waals surface area contributed by atoms with Crippen LogP contribution >= 0.6 is 22.6 Å². The molecule has 7 heteroatoms. The molecule has 2 aromatic rings. The number of rotatable bonds is 5. The smallest absolute Gasteiger partial charge is 0.327 e. The molecule has 0 saturated carbocycles. The average Bonchev–Trinajstić information content (AvgIpc) is 2.48. The maximum Gasteiger partial charge on any atom is 0.327 e. The first-order valence-electron chi connectivity index (χ1n) is 6.42. The largest absolute Gasteiger partial charge is 0.480 e. The average molecular weight is 431 g/mol. The van der Waals surface area contributed by atoms with Gasteiger partial charge in [0.15, 0.2) is 0 Å². The van der Waals surface area contributed by atoms with Crippen molar-refractivity contribution in [2.45, 2.75) is 17.9 Å². The summed E-state index contributed by atoms with van der Waals surface area (Å²) in [5, 5.41) is 9.29. The highest BCUT2D eigenvalue weighted by molar-refractivity contribution is 14.1. The van der Waals surface area contributed by atoms with E-state index in [0.29, 0.717) is 5.69 Å². The molecule has 0 aliphatic rings. The molecule has 5 nitrogen and oxygen atoms in total. The molecule has 0 amide bonds. The maximum atomic E-state index is 12.9. The second-order valence-electron chi connectivity index (χ2n) is 4.61. The standard InChI is InChI=1S/C15H14INO4S/c1-11(15(18)19)17(13-7-5-6-12(16)10-13)22(20,21)14-8-3-2-4-9-14/h2-11H,1H3,(H,18,19). The number of carbonyl (C=O) groups is 1. The minimum Gasteiger partial charge on any atom is -0.480 e. The predicted octanol–water partition coefficient (Wildman–Crippen LogP) is 2.96. The van der Waals surface area contributed by atoms with Crippen LogP contribution in [0, 0.1) is 3.57 Å². The van der Waals surface area contributed by atoms with Crippen molar-refractivity contribution in [3.05, 3.63) is 58.2 Å². The number of hydrogen-bond acceptors (Lipinski definition) is 3. The van der Waals surface area contributed by atoms with Gasteiger partial charge in [-0.25, -0.2) is 13.2 Å². The van der Waals surface area contributed by atoms with Crippen molar-refractivity contribution in [1.82, 2.24) is 0 Å². The van der Waals surface area contributed by atoms with E-state index >= 15 is 0 Å². The van der Waals surface area contributed by atoms with Crippen molar-refractivity contribution < 1.29 is 18.3 Å². The van der Waals surface area contributed by atoms with Crippen LogP contribution in [0.2, 0.25) is 0 Å². The molecule has 2 aromatic carbocycles. The third-order valence-corrected chi connectivity index (χ3v) is 5.66. The summed E-state index contributed by atoms with van der Waals surface area (Å²) in [6.45, 7) is 1.35. The Morgan fingerprint density at radius 3 is 2.32 bits per heavy atom. The lowest BCUT2D eigenvalue weighted by molar-refractivity contribution is -0.137. The van der Waals surface area contributed by atoms with E-state index in [4.69, 9.17) is 0 Å². The van der Waals surface area contributed by atoms with Gasteiger partial charge in [-0.05, 0) is 59.8 Å². The summed E-state index contributed by atoms with van der Waals surface area (Å²) in [7, 11) is -3.97. The van der Waals surface area contributed by atoms with Crippen LogP contribution in [0.25, 0.3) is 0 Å². The molecule has 0 aromatic heterocycles. The Kier molecular flexibility index (Phi) is 5.07. The van der Waals surface area contributed by atoms with Crippen molar-refractivity contribution >= 4 is 44.3 Å². The molecular weight excluding hydrogens is 417 g/mol. The summed E-state index contributed by atoms with van der Waals surface area (Å²) in [5.74, 6) is -1.21. The lowest BCUT2D eigenvalue weighted by Crippen LogP contribution is -2.43. The molecule has 1 unspecified atom stereocenters. The number of halogens is 1. The fraction of sp³-hybridized carbons (Fsp3) is 0.133. The van der Waals surface area contributed by atoms with E-state index in [2.05, 4.69) is 22.6 Å². The van der Waals surface area contributed by atoms with Gasteiger partial charge in [-0.15, -0.1) is 0 Å². The van der Waals surface area contributed by atoms with E-state index < -0.39 is 22.0 Å². The second-order valence-corrected chi connectivity index (χ2v) is 7.67. The van der Waals surface area contributed by atoms with Crippen molar-refractivity contribution in [2.24, 2.45) is 0 Å². The Hall–Kier alpha value is -1.61. The second kappa shape index (κ2) is 6.66. The number of carboxylic acids is 1. The first-order valence-corrected chi connectivity index (χ1v) is 8.94. The third-order valence-electron chi connectivity index (χ3n) is 3.07. The molecule has 0 aliphatic heterocycles. The van der Waals surface area contributed by atoms with Gasteiger partial charge in [-0.3, -0.25) is 4.31 Å². The molecule has 116 valence electrons. The van der Waals surface area contributed by atoms with Gasteiger partial charge in [0.25, 0.3) is 10.0 Å². The monoisotopic (exact) mass is 431 g/mol. The van der Waals surface area contributed by atoms with Gasteiger partial charge in [0.05, 0.1) is 10.6 Å². The Balaban J connectivity index is 2.62.